The van der Waals surface area contributed by atoms with Gasteiger partial charge in [-0.3, -0.25) is 0 Å². The van der Waals surface area contributed by atoms with Gasteiger partial charge in [-0.25, -0.2) is 0 Å². The summed E-state index contributed by atoms with van der Waals surface area (Å²) >= 11 is 0. The molecule has 0 aliphatic carbocycles. The molecule has 2 nitrogen and oxygen atoms in total. The molecule has 0 radical (unpaired) electrons. The molecular weight excluding hydrogens is 184 g/mol. The molecule has 0 amide bonds. The second-order valence-electron chi connectivity index (χ2n) is 4.83. The molecule has 1 saturated heterocycles. The lowest BCUT2D eigenvalue weighted by atomic mass is 10.00. The van der Waals surface area contributed by atoms with E-state index in [2.05, 4.69) is 17.6 Å². The highest BCUT2D eigenvalue weighted by Gasteiger charge is 2.11. The fraction of sp³-hybridized carbons (Fsp3) is 1.00. The minimum Gasteiger partial charge on any atom is -0.316 e. The zero-order valence-electron chi connectivity index (χ0n) is 10.4. The number of nitrogens with one attached hydrogen (secondary N) is 2. The zero-order valence-corrected chi connectivity index (χ0v) is 10.4. The van der Waals surface area contributed by atoms with E-state index in [1.54, 1.807) is 0 Å². The summed E-state index contributed by atoms with van der Waals surface area (Å²) in [7, 11) is 0. The lowest BCUT2D eigenvalue weighted by molar-refractivity contribution is 0.359. The first kappa shape index (κ1) is 13.0. The Hall–Kier alpha value is -0.0800. The van der Waals surface area contributed by atoms with Gasteiger partial charge in [0.25, 0.3) is 0 Å². The van der Waals surface area contributed by atoms with E-state index in [1.807, 2.05) is 0 Å². The normalized spacial score (nSPS) is 21.8. The lowest BCUT2D eigenvalue weighted by Crippen LogP contribution is -2.36. The predicted octanol–water partition coefficient (Wildman–Crippen LogP) is 2.55. The third-order valence-electron chi connectivity index (χ3n) is 3.29. The first-order chi connectivity index (χ1) is 7.43. The Morgan fingerprint density at radius 1 is 1.20 bits per heavy atom. The van der Waals surface area contributed by atoms with Crippen LogP contribution in [-0.4, -0.2) is 26.2 Å². The Bertz CT molecular complexity index is 130. The van der Waals surface area contributed by atoms with Crippen molar-refractivity contribution in [1.29, 1.82) is 0 Å². The van der Waals surface area contributed by atoms with Crippen molar-refractivity contribution in [3.63, 3.8) is 0 Å². The second-order valence-corrected chi connectivity index (χ2v) is 4.83. The van der Waals surface area contributed by atoms with Crippen LogP contribution in [0.5, 0.6) is 0 Å². The lowest BCUT2D eigenvalue weighted by Gasteiger charge is -2.22. The van der Waals surface area contributed by atoms with Crippen molar-refractivity contribution in [1.82, 2.24) is 10.6 Å². The van der Waals surface area contributed by atoms with Crippen LogP contribution in [0.3, 0.4) is 0 Å². The van der Waals surface area contributed by atoms with E-state index in [4.69, 9.17) is 0 Å². The molecule has 1 heterocycles. The molecule has 1 unspecified atom stereocenters. The highest BCUT2D eigenvalue weighted by Crippen LogP contribution is 2.08. The highest BCUT2D eigenvalue weighted by molar-refractivity contribution is 4.70. The van der Waals surface area contributed by atoms with Crippen molar-refractivity contribution in [2.75, 3.05) is 26.2 Å². The fourth-order valence-electron chi connectivity index (χ4n) is 2.26. The maximum absolute atomic E-state index is 3.59. The van der Waals surface area contributed by atoms with Crippen LogP contribution in [0, 0.1) is 5.92 Å². The second kappa shape index (κ2) is 9.17. The van der Waals surface area contributed by atoms with E-state index >= 15 is 0 Å². The average molecular weight is 212 g/mol. The fourth-order valence-corrected chi connectivity index (χ4v) is 2.26. The number of unbranched alkanes of at least 4 members (excludes halogenated alkanes) is 4. The highest BCUT2D eigenvalue weighted by atomic mass is 14.9. The Morgan fingerprint density at radius 3 is 2.80 bits per heavy atom. The third kappa shape index (κ3) is 6.91. The Morgan fingerprint density at radius 2 is 2.07 bits per heavy atom. The van der Waals surface area contributed by atoms with Gasteiger partial charge in [-0.1, -0.05) is 32.6 Å². The maximum Gasteiger partial charge on any atom is -0.000837 e. The summed E-state index contributed by atoms with van der Waals surface area (Å²) in [5.41, 5.74) is 0. The molecule has 0 aromatic heterocycles. The largest absolute Gasteiger partial charge is 0.316 e. The van der Waals surface area contributed by atoms with Gasteiger partial charge in [0.2, 0.25) is 0 Å². The van der Waals surface area contributed by atoms with Gasteiger partial charge in [-0.15, -0.1) is 0 Å². The zero-order chi connectivity index (χ0) is 10.8. The van der Waals surface area contributed by atoms with E-state index in [1.165, 1.54) is 71.1 Å². The SMILES string of the molecule is CCCCCCCNCC1CCCNC1. The standard InChI is InChI=1S/C13H28N2/c1-2-3-4-5-6-9-14-11-13-8-7-10-15-12-13/h13-15H,2-12H2,1H3. The van der Waals surface area contributed by atoms with Crippen molar-refractivity contribution in [3.8, 4) is 0 Å². The van der Waals surface area contributed by atoms with E-state index in [9.17, 15) is 0 Å². The molecule has 0 bridgehead atoms. The number of hydrogen-bond acceptors (Lipinski definition) is 2. The van der Waals surface area contributed by atoms with Crippen LogP contribution in [0.1, 0.15) is 51.9 Å². The topological polar surface area (TPSA) is 24.1 Å². The van der Waals surface area contributed by atoms with Gasteiger partial charge in [0, 0.05) is 0 Å². The molecule has 1 aliphatic heterocycles. The van der Waals surface area contributed by atoms with Crippen LogP contribution in [0.2, 0.25) is 0 Å². The molecule has 2 heteroatoms. The molecular formula is C13H28N2. The first-order valence-corrected chi connectivity index (χ1v) is 6.85. The molecule has 15 heavy (non-hydrogen) atoms. The number of piperidine rings is 1. The Balaban J connectivity index is 1.79. The minimum absolute atomic E-state index is 0.884. The molecule has 0 saturated carbocycles. The Kier molecular flexibility index (Phi) is 7.94. The van der Waals surface area contributed by atoms with Crippen molar-refractivity contribution >= 4 is 0 Å². The van der Waals surface area contributed by atoms with E-state index in [0.29, 0.717) is 0 Å². The molecule has 2 N–H and O–H groups in total. The van der Waals surface area contributed by atoms with Crippen molar-refractivity contribution < 1.29 is 0 Å². The van der Waals surface area contributed by atoms with Crippen molar-refractivity contribution in [2.45, 2.75) is 51.9 Å². The molecule has 0 aromatic carbocycles. The van der Waals surface area contributed by atoms with Crippen LogP contribution in [0.4, 0.5) is 0 Å². The molecule has 1 rings (SSSR count). The van der Waals surface area contributed by atoms with Crippen molar-refractivity contribution in [3.05, 3.63) is 0 Å². The van der Waals surface area contributed by atoms with Crippen LogP contribution in [-0.2, 0) is 0 Å². The molecule has 0 aromatic rings. The summed E-state index contributed by atoms with van der Waals surface area (Å²) in [5.74, 6) is 0.884. The maximum atomic E-state index is 3.59. The third-order valence-corrected chi connectivity index (χ3v) is 3.29. The minimum atomic E-state index is 0.884. The predicted molar refractivity (Wildman–Crippen MR) is 67.2 cm³/mol. The molecule has 90 valence electrons. The van der Waals surface area contributed by atoms with Gasteiger partial charge in [0.1, 0.15) is 0 Å². The Labute approximate surface area is 95.2 Å². The van der Waals surface area contributed by atoms with Crippen LogP contribution in [0.15, 0.2) is 0 Å². The summed E-state index contributed by atoms with van der Waals surface area (Å²) in [5, 5.41) is 7.06. The summed E-state index contributed by atoms with van der Waals surface area (Å²) in [6, 6.07) is 0. The average Bonchev–Trinajstić information content (AvgIpc) is 2.29. The molecule has 0 spiro atoms. The molecule has 1 atom stereocenters. The van der Waals surface area contributed by atoms with Gasteiger partial charge in [0.05, 0.1) is 0 Å². The van der Waals surface area contributed by atoms with Gasteiger partial charge in [-0.05, 0) is 51.4 Å². The van der Waals surface area contributed by atoms with Crippen molar-refractivity contribution in [2.24, 2.45) is 5.92 Å². The summed E-state index contributed by atoms with van der Waals surface area (Å²) in [6.45, 7) is 7.17. The number of rotatable bonds is 8. The van der Waals surface area contributed by atoms with Crippen LogP contribution < -0.4 is 10.6 Å². The molecule has 1 fully saturated rings. The summed E-state index contributed by atoms with van der Waals surface area (Å²) < 4.78 is 0. The van der Waals surface area contributed by atoms with E-state index in [0.717, 1.165) is 5.92 Å². The number of hydrogen-bond donors (Lipinski definition) is 2. The summed E-state index contributed by atoms with van der Waals surface area (Å²) in [4.78, 5) is 0. The van der Waals surface area contributed by atoms with Gasteiger partial charge in [-0.2, -0.15) is 0 Å². The quantitative estimate of drug-likeness (QED) is 0.604. The molecule has 1 aliphatic rings. The first-order valence-electron chi connectivity index (χ1n) is 6.85. The monoisotopic (exact) mass is 212 g/mol. The van der Waals surface area contributed by atoms with E-state index < -0.39 is 0 Å². The van der Waals surface area contributed by atoms with Crippen LogP contribution >= 0.6 is 0 Å². The van der Waals surface area contributed by atoms with Gasteiger partial charge < -0.3 is 10.6 Å². The van der Waals surface area contributed by atoms with Gasteiger partial charge >= 0.3 is 0 Å². The van der Waals surface area contributed by atoms with E-state index in [-0.39, 0.29) is 0 Å². The van der Waals surface area contributed by atoms with Gasteiger partial charge in [0.15, 0.2) is 0 Å². The smallest absolute Gasteiger partial charge is 0.000837 e. The van der Waals surface area contributed by atoms with Crippen LogP contribution in [0.25, 0.3) is 0 Å². The summed E-state index contributed by atoms with van der Waals surface area (Å²) in [6.07, 6.45) is 9.72.